The SMILES string of the molecule is COC(=O)NC1(C)CC(C(=O)N2CC3CC3(c3ccc(C)c(F)c3)C2)C1. The number of halogens is 1. The number of amides is 2. The number of carbonyl (C=O) groups is 2. The van der Waals surface area contributed by atoms with Gasteiger partial charge in [0.2, 0.25) is 5.91 Å². The summed E-state index contributed by atoms with van der Waals surface area (Å²) >= 11 is 0. The summed E-state index contributed by atoms with van der Waals surface area (Å²) in [6.45, 7) is 5.13. The summed E-state index contributed by atoms with van der Waals surface area (Å²) in [6.07, 6.45) is 1.84. The monoisotopic (exact) mass is 360 g/mol. The number of rotatable bonds is 3. The second kappa shape index (κ2) is 5.69. The fourth-order valence-electron chi connectivity index (χ4n) is 4.86. The van der Waals surface area contributed by atoms with Crippen LogP contribution in [0.2, 0.25) is 0 Å². The number of hydrogen-bond donors (Lipinski definition) is 1. The van der Waals surface area contributed by atoms with Crippen LogP contribution >= 0.6 is 0 Å². The first-order valence-electron chi connectivity index (χ1n) is 9.18. The van der Waals surface area contributed by atoms with Gasteiger partial charge in [-0.25, -0.2) is 9.18 Å². The van der Waals surface area contributed by atoms with Crippen LogP contribution < -0.4 is 5.32 Å². The van der Waals surface area contributed by atoms with Crippen molar-refractivity contribution in [3.8, 4) is 0 Å². The number of benzene rings is 1. The molecule has 2 atom stereocenters. The normalized spacial score (nSPS) is 34.7. The molecule has 6 heteroatoms. The Morgan fingerprint density at radius 1 is 1.31 bits per heavy atom. The average molecular weight is 360 g/mol. The summed E-state index contributed by atoms with van der Waals surface area (Å²) in [7, 11) is 1.34. The quantitative estimate of drug-likeness (QED) is 0.902. The zero-order valence-corrected chi connectivity index (χ0v) is 15.5. The Hall–Kier alpha value is -2.11. The van der Waals surface area contributed by atoms with Crippen molar-refractivity contribution in [3.05, 3.63) is 35.1 Å². The van der Waals surface area contributed by atoms with E-state index in [1.54, 1.807) is 13.0 Å². The molecule has 0 spiro atoms. The van der Waals surface area contributed by atoms with E-state index in [1.807, 2.05) is 24.0 Å². The number of fused-ring (bicyclic) bond motifs is 1. The highest BCUT2D eigenvalue weighted by Crippen LogP contribution is 2.59. The van der Waals surface area contributed by atoms with E-state index in [9.17, 15) is 14.0 Å². The second-order valence-corrected chi connectivity index (χ2v) is 8.52. The van der Waals surface area contributed by atoms with E-state index >= 15 is 0 Å². The molecule has 0 radical (unpaired) electrons. The van der Waals surface area contributed by atoms with Crippen molar-refractivity contribution < 1.29 is 18.7 Å². The van der Waals surface area contributed by atoms with Crippen LogP contribution in [-0.4, -0.2) is 42.6 Å². The van der Waals surface area contributed by atoms with Gasteiger partial charge in [-0.05, 0) is 56.2 Å². The van der Waals surface area contributed by atoms with Gasteiger partial charge in [0.15, 0.2) is 0 Å². The van der Waals surface area contributed by atoms with E-state index in [0.29, 0.717) is 30.9 Å². The maximum Gasteiger partial charge on any atom is 0.407 e. The van der Waals surface area contributed by atoms with Gasteiger partial charge in [0.05, 0.1) is 7.11 Å². The molecule has 26 heavy (non-hydrogen) atoms. The highest BCUT2D eigenvalue weighted by Gasteiger charge is 2.62. The van der Waals surface area contributed by atoms with Gasteiger partial charge in [-0.1, -0.05) is 12.1 Å². The zero-order valence-electron chi connectivity index (χ0n) is 15.5. The van der Waals surface area contributed by atoms with Gasteiger partial charge in [0.1, 0.15) is 5.82 Å². The van der Waals surface area contributed by atoms with E-state index in [-0.39, 0.29) is 28.6 Å². The van der Waals surface area contributed by atoms with Crippen molar-refractivity contribution in [1.82, 2.24) is 10.2 Å². The molecule has 1 aromatic carbocycles. The van der Waals surface area contributed by atoms with E-state index in [2.05, 4.69) is 10.1 Å². The largest absolute Gasteiger partial charge is 0.453 e. The smallest absolute Gasteiger partial charge is 0.407 e. The minimum atomic E-state index is -0.457. The maximum absolute atomic E-state index is 14.0. The van der Waals surface area contributed by atoms with Gasteiger partial charge in [-0.2, -0.15) is 0 Å². The van der Waals surface area contributed by atoms with E-state index < -0.39 is 6.09 Å². The van der Waals surface area contributed by atoms with Gasteiger partial charge in [-0.15, -0.1) is 0 Å². The number of hydrogen-bond acceptors (Lipinski definition) is 3. The number of carbonyl (C=O) groups excluding carboxylic acids is 2. The lowest BCUT2D eigenvalue weighted by Crippen LogP contribution is -2.58. The maximum atomic E-state index is 14.0. The predicted molar refractivity (Wildman–Crippen MR) is 94.2 cm³/mol. The lowest BCUT2D eigenvalue weighted by Gasteiger charge is -2.45. The van der Waals surface area contributed by atoms with Gasteiger partial charge in [0.25, 0.3) is 0 Å². The molecule has 2 saturated carbocycles. The number of likely N-dealkylation sites (tertiary alicyclic amines) is 1. The first-order valence-corrected chi connectivity index (χ1v) is 9.18. The molecule has 0 aromatic heterocycles. The Morgan fingerprint density at radius 2 is 2.04 bits per heavy atom. The van der Waals surface area contributed by atoms with Crippen molar-refractivity contribution in [2.75, 3.05) is 20.2 Å². The topological polar surface area (TPSA) is 58.6 Å². The van der Waals surface area contributed by atoms with E-state index in [4.69, 9.17) is 0 Å². The van der Waals surface area contributed by atoms with Crippen LogP contribution in [0.4, 0.5) is 9.18 Å². The van der Waals surface area contributed by atoms with Gasteiger partial charge in [0, 0.05) is 30.0 Å². The summed E-state index contributed by atoms with van der Waals surface area (Å²) in [4.78, 5) is 26.2. The first-order chi connectivity index (χ1) is 12.3. The molecule has 3 aliphatic rings. The molecule has 1 saturated heterocycles. The summed E-state index contributed by atoms with van der Waals surface area (Å²) in [5.41, 5.74) is 1.25. The van der Waals surface area contributed by atoms with Crippen molar-refractivity contribution >= 4 is 12.0 Å². The molecular formula is C20H25FN2O3. The third-order valence-electron chi connectivity index (χ3n) is 6.54. The molecule has 1 aliphatic heterocycles. The molecule has 2 amide bonds. The Morgan fingerprint density at radius 3 is 2.69 bits per heavy atom. The third-order valence-corrected chi connectivity index (χ3v) is 6.54. The van der Waals surface area contributed by atoms with Crippen LogP contribution in [0, 0.1) is 24.6 Å². The highest BCUT2D eigenvalue weighted by atomic mass is 19.1. The van der Waals surface area contributed by atoms with Crippen LogP contribution in [0.5, 0.6) is 0 Å². The minimum absolute atomic E-state index is 0.0541. The molecular weight excluding hydrogens is 335 g/mol. The summed E-state index contributed by atoms with van der Waals surface area (Å²) in [6, 6.07) is 5.48. The molecule has 140 valence electrons. The van der Waals surface area contributed by atoms with Crippen LogP contribution in [0.3, 0.4) is 0 Å². The number of aryl methyl sites for hydroxylation is 1. The van der Waals surface area contributed by atoms with Crippen LogP contribution in [0.25, 0.3) is 0 Å². The second-order valence-electron chi connectivity index (χ2n) is 8.52. The highest BCUT2D eigenvalue weighted by molar-refractivity contribution is 5.82. The summed E-state index contributed by atoms with van der Waals surface area (Å²) < 4.78 is 18.6. The number of ether oxygens (including phenoxy) is 1. The third kappa shape index (κ3) is 2.66. The van der Waals surface area contributed by atoms with Crippen LogP contribution in [0.15, 0.2) is 18.2 Å². The summed E-state index contributed by atoms with van der Waals surface area (Å²) in [5.74, 6) is 0.374. The molecule has 3 fully saturated rings. The van der Waals surface area contributed by atoms with E-state index in [0.717, 1.165) is 18.5 Å². The fraction of sp³-hybridized carbons (Fsp3) is 0.600. The fourth-order valence-corrected chi connectivity index (χ4v) is 4.86. The van der Waals surface area contributed by atoms with Crippen LogP contribution in [0.1, 0.15) is 37.3 Å². The Balaban J connectivity index is 1.39. The molecule has 5 nitrogen and oxygen atoms in total. The zero-order chi connectivity index (χ0) is 18.7. The molecule has 1 N–H and O–H groups in total. The molecule has 1 heterocycles. The van der Waals surface area contributed by atoms with Gasteiger partial charge < -0.3 is 15.0 Å². The number of nitrogens with one attached hydrogen (secondary N) is 1. The van der Waals surface area contributed by atoms with Crippen molar-refractivity contribution in [2.24, 2.45) is 11.8 Å². The van der Waals surface area contributed by atoms with Gasteiger partial charge >= 0.3 is 6.09 Å². The molecule has 4 rings (SSSR count). The first kappa shape index (κ1) is 17.3. The molecule has 0 bridgehead atoms. The predicted octanol–water partition coefficient (Wildman–Crippen LogP) is 2.76. The molecule has 2 aliphatic carbocycles. The summed E-state index contributed by atoms with van der Waals surface area (Å²) in [5, 5.41) is 2.81. The van der Waals surface area contributed by atoms with E-state index in [1.165, 1.54) is 7.11 Å². The molecule has 2 unspecified atom stereocenters. The number of alkyl carbamates (subject to hydrolysis) is 1. The minimum Gasteiger partial charge on any atom is -0.453 e. The number of nitrogens with zero attached hydrogens (tertiary/aromatic N) is 1. The van der Waals surface area contributed by atoms with Crippen molar-refractivity contribution in [3.63, 3.8) is 0 Å². The average Bonchev–Trinajstić information content (AvgIpc) is 3.15. The Labute approximate surface area is 152 Å². The number of piperidine rings is 1. The van der Waals surface area contributed by atoms with Gasteiger partial charge in [-0.3, -0.25) is 4.79 Å². The van der Waals surface area contributed by atoms with Crippen LogP contribution in [-0.2, 0) is 14.9 Å². The van der Waals surface area contributed by atoms with Crippen molar-refractivity contribution in [2.45, 2.75) is 44.1 Å². The lowest BCUT2D eigenvalue weighted by molar-refractivity contribution is -0.140. The standard InChI is InChI=1S/C20H25FN2O3/c1-12-4-5-14(6-16(12)21)20-9-15(20)10-23(11-20)17(24)13-7-19(2,8-13)22-18(25)26-3/h4-6,13,15H,7-11H2,1-3H3,(H,22,25). The Kier molecular flexibility index (Phi) is 3.79. The number of methoxy groups -OCH3 is 1. The lowest BCUT2D eigenvalue weighted by atomic mass is 9.69. The molecule has 1 aromatic rings. The van der Waals surface area contributed by atoms with Crippen molar-refractivity contribution in [1.29, 1.82) is 0 Å². The Bertz CT molecular complexity index is 774.